The van der Waals surface area contributed by atoms with Crippen molar-refractivity contribution >= 4 is 5.91 Å². The molecule has 0 aromatic heterocycles. The number of nitrogens with two attached hydrogens (primary N) is 1. The molecule has 1 unspecified atom stereocenters. The molecule has 0 aromatic carbocycles. The topological polar surface area (TPSA) is 55.1 Å². The van der Waals surface area contributed by atoms with E-state index in [1.807, 2.05) is 0 Å². The van der Waals surface area contributed by atoms with E-state index in [0.29, 0.717) is 6.54 Å². The SMILES string of the molecule is CCC(C)(NC(C)=O)C(C)(C)CC(C)(C)CN. The maximum absolute atomic E-state index is 11.4. The molecule has 3 N–H and O–H groups in total. The van der Waals surface area contributed by atoms with Gasteiger partial charge < -0.3 is 11.1 Å². The van der Waals surface area contributed by atoms with Crippen molar-refractivity contribution in [3.63, 3.8) is 0 Å². The van der Waals surface area contributed by atoms with Crippen molar-refractivity contribution in [1.29, 1.82) is 0 Å². The molecule has 1 amide bonds. The van der Waals surface area contributed by atoms with E-state index in [1.54, 1.807) is 6.92 Å². The first-order valence-electron chi connectivity index (χ1n) is 6.48. The van der Waals surface area contributed by atoms with Gasteiger partial charge in [0.25, 0.3) is 0 Å². The minimum atomic E-state index is -0.189. The van der Waals surface area contributed by atoms with Crippen LogP contribution in [-0.2, 0) is 4.79 Å². The van der Waals surface area contributed by atoms with Gasteiger partial charge in [-0.1, -0.05) is 34.6 Å². The summed E-state index contributed by atoms with van der Waals surface area (Å²) in [5, 5.41) is 3.11. The second kappa shape index (κ2) is 5.38. The van der Waals surface area contributed by atoms with Crippen LogP contribution in [0.15, 0.2) is 0 Å². The first-order valence-corrected chi connectivity index (χ1v) is 6.48. The normalized spacial score (nSPS) is 16.5. The smallest absolute Gasteiger partial charge is 0.217 e. The van der Waals surface area contributed by atoms with Gasteiger partial charge in [0.1, 0.15) is 0 Å². The third kappa shape index (κ3) is 4.30. The summed E-state index contributed by atoms with van der Waals surface area (Å²) in [4.78, 5) is 11.4. The molecule has 0 aromatic rings. The molecule has 0 saturated carbocycles. The molecule has 3 heteroatoms. The van der Waals surface area contributed by atoms with Crippen molar-refractivity contribution in [2.45, 2.75) is 66.8 Å². The molecule has 102 valence electrons. The fraction of sp³-hybridized carbons (Fsp3) is 0.929. The van der Waals surface area contributed by atoms with E-state index in [1.165, 1.54) is 0 Å². The van der Waals surface area contributed by atoms with Gasteiger partial charge >= 0.3 is 0 Å². The average Bonchev–Trinajstić information content (AvgIpc) is 2.14. The molecular weight excluding hydrogens is 212 g/mol. The minimum absolute atomic E-state index is 0.0102. The fourth-order valence-corrected chi connectivity index (χ4v) is 2.59. The highest BCUT2D eigenvalue weighted by Gasteiger charge is 2.42. The number of hydrogen-bond donors (Lipinski definition) is 2. The van der Waals surface area contributed by atoms with Gasteiger partial charge in [0.2, 0.25) is 5.91 Å². The molecule has 0 radical (unpaired) electrons. The Kier molecular flexibility index (Phi) is 5.20. The molecule has 0 bridgehead atoms. The maximum Gasteiger partial charge on any atom is 0.217 e. The first kappa shape index (κ1) is 16.4. The van der Waals surface area contributed by atoms with Crippen LogP contribution in [0.25, 0.3) is 0 Å². The van der Waals surface area contributed by atoms with E-state index < -0.39 is 0 Å². The van der Waals surface area contributed by atoms with Gasteiger partial charge in [0, 0.05) is 12.5 Å². The monoisotopic (exact) mass is 242 g/mol. The molecule has 0 aliphatic rings. The van der Waals surface area contributed by atoms with Crippen molar-refractivity contribution in [3.05, 3.63) is 0 Å². The van der Waals surface area contributed by atoms with Crippen molar-refractivity contribution < 1.29 is 4.79 Å². The Bertz CT molecular complexity index is 271. The summed E-state index contributed by atoms with van der Waals surface area (Å²) in [6.45, 7) is 15.3. The zero-order chi connectivity index (χ0) is 13.9. The Labute approximate surface area is 107 Å². The Morgan fingerprint density at radius 2 is 1.65 bits per heavy atom. The van der Waals surface area contributed by atoms with E-state index in [4.69, 9.17) is 5.73 Å². The number of hydrogen-bond acceptors (Lipinski definition) is 2. The van der Waals surface area contributed by atoms with Crippen LogP contribution < -0.4 is 11.1 Å². The highest BCUT2D eigenvalue weighted by atomic mass is 16.1. The van der Waals surface area contributed by atoms with E-state index in [2.05, 4.69) is 46.9 Å². The molecule has 0 heterocycles. The highest BCUT2D eigenvalue weighted by molar-refractivity contribution is 5.73. The maximum atomic E-state index is 11.4. The molecule has 0 spiro atoms. The summed E-state index contributed by atoms with van der Waals surface area (Å²) in [5.74, 6) is 0.0352. The van der Waals surface area contributed by atoms with E-state index in [9.17, 15) is 4.79 Å². The molecule has 3 nitrogen and oxygen atoms in total. The first-order chi connectivity index (χ1) is 7.49. The standard InChI is InChI=1S/C14H30N2O/c1-8-14(7,16-11(2)17)13(5,6)9-12(3,4)10-15/h8-10,15H2,1-7H3,(H,16,17). The quantitative estimate of drug-likeness (QED) is 0.752. The number of carbonyl (C=O) groups is 1. The van der Waals surface area contributed by atoms with Crippen LogP contribution in [0.5, 0.6) is 0 Å². The van der Waals surface area contributed by atoms with Gasteiger partial charge in [-0.2, -0.15) is 0 Å². The van der Waals surface area contributed by atoms with Crippen LogP contribution in [0.1, 0.15) is 61.3 Å². The minimum Gasteiger partial charge on any atom is -0.351 e. The van der Waals surface area contributed by atoms with Gasteiger partial charge in [-0.25, -0.2) is 0 Å². The van der Waals surface area contributed by atoms with Gasteiger partial charge in [0.05, 0.1) is 0 Å². The summed E-state index contributed by atoms with van der Waals surface area (Å²) < 4.78 is 0. The Balaban J connectivity index is 5.04. The number of rotatable bonds is 6. The van der Waals surface area contributed by atoms with Gasteiger partial charge in [-0.15, -0.1) is 0 Å². The lowest BCUT2D eigenvalue weighted by Gasteiger charge is -2.48. The van der Waals surface area contributed by atoms with Crippen LogP contribution in [0.4, 0.5) is 0 Å². The van der Waals surface area contributed by atoms with Crippen LogP contribution in [-0.4, -0.2) is 18.0 Å². The summed E-state index contributed by atoms with van der Waals surface area (Å²) in [5.41, 5.74) is 5.73. The number of nitrogens with one attached hydrogen (secondary N) is 1. The third-order valence-electron chi connectivity index (χ3n) is 4.13. The summed E-state index contributed by atoms with van der Waals surface area (Å²) in [6.07, 6.45) is 1.90. The second-order valence-corrected chi connectivity index (χ2v) is 6.80. The van der Waals surface area contributed by atoms with Gasteiger partial charge in [-0.3, -0.25) is 4.79 Å². The largest absolute Gasteiger partial charge is 0.351 e. The summed E-state index contributed by atoms with van der Waals surface area (Å²) in [7, 11) is 0. The average molecular weight is 242 g/mol. The Morgan fingerprint density at radius 1 is 1.18 bits per heavy atom. The highest BCUT2D eigenvalue weighted by Crippen LogP contribution is 2.42. The van der Waals surface area contributed by atoms with E-state index in [-0.39, 0.29) is 22.3 Å². The lowest BCUT2D eigenvalue weighted by molar-refractivity contribution is -0.122. The number of carbonyl (C=O) groups excluding carboxylic acids is 1. The summed E-state index contributed by atoms with van der Waals surface area (Å²) >= 11 is 0. The molecule has 0 fully saturated rings. The zero-order valence-electron chi connectivity index (χ0n) is 12.6. The molecule has 0 aliphatic carbocycles. The van der Waals surface area contributed by atoms with Gasteiger partial charge in [-0.05, 0) is 37.1 Å². The fourth-order valence-electron chi connectivity index (χ4n) is 2.59. The zero-order valence-corrected chi connectivity index (χ0v) is 12.6. The van der Waals surface area contributed by atoms with Crippen molar-refractivity contribution in [2.24, 2.45) is 16.6 Å². The van der Waals surface area contributed by atoms with Gasteiger partial charge in [0.15, 0.2) is 0 Å². The molecule has 0 saturated heterocycles. The lowest BCUT2D eigenvalue weighted by Crippen LogP contribution is -2.56. The molecule has 0 aliphatic heterocycles. The predicted molar refractivity (Wildman–Crippen MR) is 73.7 cm³/mol. The third-order valence-corrected chi connectivity index (χ3v) is 4.13. The molecule has 17 heavy (non-hydrogen) atoms. The van der Waals surface area contributed by atoms with Crippen LogP contribution >= 0.6 is 0 Å². The van der Waals surface area contributed by atoms with E-state index in [0.717, 1.165) is 12.8 Å². The van der Waals surface area contributed by atoms with E-state index >= 15 is 0 Å². The molecule has 0 rings (SSSR count). The number of amides is 1. The Morgan fingerprint density at radius 3 is 1.94 bits per heavy atom. The van der Waals surface area contributed by atoms with Crippen LogP contribution in [0.2, 0.25) is 0 Å². The van der Waals surface area contributed by atoms with Crippen molar-refractivity contribution in [1.82, 2.24) is 5.32 Å². The molecular formula is C14H30N2O. The summed E-state index contributed by atoms with van der Waals surface area (Å²) in [6, 6.07) is 0. The van der Waals surface area contributed by atoms with Crippen molar-refractivity contribution in [2.75, 3.05) is 6.54 Å². The van der Waals surface area contributed by atoms with Crippen LogP contribution in [0, 0.1) is 10.8 Å². The lowest BCUT2D eigenvalue weighted by atomic mass is 9.64. The van der Waals surface area contributed by atoms with Crippen molar-refractivity contribution in [3.8, 4) is 0 Å². The van der Waals surface area contributed by atoms with Crippen LogP contribution in [0.3, 0.4) is 0 Å². The molecule has 1 atom stereocenters. The second-order valence-electron chi connectivity index (χ2n) is 6.80. The predicted octanol–water partition coefficient (Wildman–Crippen LogP) is 2.69. The Hall–Kier alpha value is -0.570.